The molecule has 1 aromatic carbocycles. The molecule has 0 fully saturated rings. The third-order valence-electron chi connectivity index (χ3n) is 3.09. The molecule has 0 radical (unpaired) electrons. The monoisotopic (exact) mass is 265 g/mol. The maximum Gasteiger partial charge on any atom is 0.109 e. The second-order valence-electron chi connectivity index (χ2n) is 4.82. The fraction of sp³-hybridized carbons (Fsp3) is 0.500. The van der Waals surface area contributed by atoms with Crippen LogP contribution in [0.15, 0.2) is 18.2 Å². The maximum atomic E-state index is 6.01. The van der Waals surface area contributed by atoms with Gasteiger partial charge < -0.3 is 9.47 Å². The van der Waals surface area contributed by atoms with Crippen molar-refractivity contribution in [3.8, 4) is 0 Å². The van der Waals surface area contributed by atoms with Crippen molar-refractivity contribution < 1.29 is 0 Å². The predicted octanol–water partition coefficient (Wildman–Crippen LogP) is 3.20. The van der Waals surface area contributed by atoms with Crippen molar-refractivity contribution in [2.24, 2.45) is 0 Å². The van der Waals surface area contributed by atoms with Crippen molar-refractivity contribution >= 4 is 22.6 Å². The Morgan fingerprint density at radius 3 is 2.78 bits per heavy atom. The number of halogens is 1. The summed E-state index contributed by atoms with van der Waals surface area (Å²) in [6.07, 6.45) is 2.09. The van der Waals surface area contributed by atoms with Crippen LogP contribution in [0, 0.1) is 0 Å². The molecule has 18 heavy (non-hydrogen) atoms. The average molecular weight is 266 g/mol. The van der Waals surface area contributed by atoms with E-state index in [1.807, 2.05) is 12.1 Å². The van der Waals surface area contributed by atoms with Crippen LogP contribution >= 0.6 is 11.6 Å². The van der Waals surface area contributed by atoms with E-state index in [9.17, 15) is 0 Å². The van der Waals surface area contributed by atoms with Gasteiger partial charge in [-0.2, -0.15) is 0 Å². The molecule has 3 nitrogen and oxygen atoms in total. The molecule has 0 unspecified atom stereocenters. The number of hydrogen-bond acceptors (Lipinski definition) is 2. The Morgan fingerprint density at radius 2 is 2.11 bits per heavy atom. The Labute approximate surface area is 113 Å². The lowest BCUT2D eigenvalue weighted by molar-refractivity contribution is 0.386. The van der Waals surface area contributed by atoms with Gasteiger partial charge in [-0.05, 0) is 45.3 Å². The first-order valence-electron chi connectivity index (χ1n) is 6.41. The van der Waals surface area contributed by atoms with Gasteiger partial charge in [0.05, 0.1) is 11.0 Å². The molecule has 0 aliphatic heterocycles. The van der Waals surface area contributed by atoms with Crippen molar-refractivity contribution in [1.82, 2.24) is 14.5 Å². The van der Waals surface area contributed by atoms with Gasteiger partial charge in [-0.25, -0.2) is 4.98 Å². The summed E-state index contributed by atoms with van der Waals surface area (Å²) in [4.78, 5) is 6.86. The number of rotatable bonds is 5. The summed E-state index contributed by atoms with van der Waals surface area (Å²) in [5, 5.41) is 0.753. The highest BCUT2D eigenvalue weighted by Gasteiger charge is 2.09. The van der Waals surface area contributed by atoms with Gasteiger partial charge in [0.15, 0.2) is 0 Å². The number of hydrogen-bond donors (Lipinski definition) is 0. The van der Waals surface area contributed by atoms with Crippen LogP contribution in [-0.4, -0.2) is 35.1 Å². The van der Waals surface area contributed by atoms with Gasteiger partial charge in [0.1, 0.15) is 5.82 Å². The highest BCUT2D eigenvalue weighted by atomic mass is 35.5. The normalized spacial score (nSPS) is 11.6. The number of aryl methyl sites for hydroxylation is 2. The highest BCUT2D eigenvalue weighted by molar-refractivity contribution is 6.31. The van der Waals surface area contributed by atoms with Gasteiger partial charge in [-0.3, -0.25) is 0 Å². The van der Waals surface area contributed by atoms with E-state index in [0.717, 1.165) is 42.3 Å². The summed E-state index contributed by atoms with van der Waals surface area (Å²) in [6.45, 7) is 4.25. The van der Waals surface area contributed by atoms with Gasteiger partial charge in [-0.1, -0.05) is 18.5 Å². The topological polar surface area (TPSA) is 21.1 Å². The zero-order valence-corrected chi connectivity index (χ0v) is 12.0. The second kappa shape index (κ2) is 5.72. The molecule has 0 aliphatic carbocycles. The van der Waals surface area contributed by atoms with E-state index in [-0.39, 0.29) is 0 Å². The molecule has 0 N–H and O–H groups in total. The molecule has 1 aromatic heterocycles. The summed E-state index contributed by atoms with van der Waals surface area (Å²) in [5.74, 6) is 1.14. The molecular weight excluding hydrogens is 246 g/mol. The molecule has 98 valence electrons. The summed E-state index contributed by atoms with van der Waals surface area (Å²) in [5.41, 5.74) is 2.19. The molecule has 1 heterocycles. The SMILES string of the molecule is CCc1nc2cc(Cl)ccc2n1CCCN(C)C. The lowest BCUT2D eigenvalue weighted by atomic mass is 10.3. The number of aromatic nitrogens is 2. The molecule has 0 atom stereocenters. The van der Waals surface area contributed by atoms with Crippen molar-refractivity contribution in [2.75, 3.05) is 20.6 Å². The number of fused-ring (bicyclic) bond motifs is 1. The number of imidazole rings is 1. The standard InChI is InChI=1S/C14H20ClN3/c1-4-14-16-12-10-11(15)6-7-13(12)18(14)9-5-8-17(2)3/h6-7,10H,4-5,8-9H2,1-3H3. The van der Waals surface area contributed by atoms with E-state index in [1.54, 1.807) is 0 Å². The van der Waals surface area contributed by atoms with Crippen LogP contribution in [0.4, 0.5) is 0 Å². The van der Waals surface area contributed by atoms with E-state index in [4.69, 9.17) is 11.6 Å². The van der Waals surface area contributed by atoms with Crippen molar-refractivity contribution in [2.45, 2.75) is 26.3 Å². The van der Waals surface area contributed by atoms with Gasteiger partial charge >= 0.3 is 0 Å². The third-order valence-corrected chi connectivity index (χ3v) is 3.33. The maximum absolute atomic E-state index is 6.01. The molecule has 0 amide bonds. The summed E-state index contributed by atoms with van der Waals surface area (Å²) < 4.78 is 2.31. The zero-order chi connectivity index (χ0) is 13.1. The molecule has 0 bridgehead atoms. The lowest BCUT2D eigenvalue weighted by Crippen LogP contribution is -2.15. The molecule has 0 spiro atoms. The van der Waals surface area contributed by atoms with Gasteiger partial charge in [0.2, 0.25) is 0 Å². The number of benzene rings is 1. The van der Waals surface area contributed by atoms with Gasteiger partial charge in [0, 0.05) is 18.0 Å². The second-order valence-corrected chi connectivity index (χ2v) is 5.26. The molecule has 2 aromatic rings. The van der Waals surface area contributed by atoms with Crippen molar-refractivity contribution in [3.63, 3.8) is 0 Å². The molecule has 4 heteroatoms. The minimum Gasteiger partial charge on any atom is -0.328 e. The Bertz CT molecular complexity index is 531. The quantitative estimate of drug-likeness (QED) is 0.828. The van der Waals surface area contributed by atoms with Crippen molar-refractivity contribution in [1.29, 1.82) is 0 Å². The smallest absolute Gasteiger partial charge is 0.109 e. The summed E-state index contributed by atoms with van der Waals surface area (Å²) in [7, 11) is 4.21. The van der Waals surface area contributed by atoms with E-state index >= 15 is 0 Å². The largest absolute Gasteiger partial charge is 0.328 e. The van der Waals surface area contributed by atoms with E-state index in [0.29, 0.717) is 0 Å². The van der Waals surface area contributed by atoms with Crippen LogP contribution in [0.25, 0.3) is 11.0 Å². The van der Waals surface area contributed by atoms with Crippen LogP contribution in [0.3, 0.4) is 0 Å². The van der Waals surface area contributed by atoms with E-state index in [2.05, 4.69) is 41.5 Å². The third kappa shape index (κ3) is 2.85. The Morgan fingerprint density at radius 1 is 1.33 bits per heavy atom. The zero-order valence-electron chi connectivity index (χ0n) is 11.3. The average Bonchev–Trinajstić information content (AvgIpc) is 2.66. The Hall–Kier alpha value is -1.06. The molecule has 0 saturated heterocycles. The number of nitrogens with zero attached hydrogens (tertiary/aromatic N) is 3. The van der Waals surface area contributed by atoms with E-state index < -0.39 is 0 Å². The van der Waals surface area contributed by atoms with Gasteiger partial charge in [0.25, 0.3) is 0 Å². The van der Waals surface area contributed by atoms with Crippen molar-refractivity contribution in [3.05, 3.63) is 29.0 Å². The predicted molar refractivity (Wildman–Crippen MR) is 77.3 cm³/mol. The van der Waals surface area contributed by atoms with Crippen LogP contribution in [-0.2, 0) is 13.0 Å². The minimum absolute atomic E-state index is 0.753. The fourth-order valence-electron chi connectivity index (χ4n) is 2.22. The summed E-state index contributed by atoms with van der Waals surface area (Å²) >= 11 is 6.01. The molecule has 0 aliphatic rings. The fourth-order valence-corrected chi connectivity index (χ4v) is 2.38. The lowest BCUT2D eigenvalue weighted by Gasteiger charge is -2.11. The van der Waals surface area contributed by atoms with Crippen LogP contribution in [0.2, 0.25) is 5.02 Å². The minimum atomic E-state index is 0.753. The van der Waals surface area contributed by atoms with Crippen LogP contribution in [0.1, 0.15) is 19.2 Å². The molecular formula is C14H20ClN3. The first kappa shape index (κ1) is 13.4. The Balaban J connectivity index is 2.29. The highest BCUT2D eigenvalue weighted by Crippen LogP contribution is 2.21. The van der Waals surface area contributed by atoms with Gasteiger partial charge in [-0.15, -0.1) is 0 Å². The summed E-state index contributed by atoms with van der Waals surface area (Å²) in [6, 6.07) is 5.95. The van der Waals surface area contributed by atoms with Crippen LogP contribution < -0.4 is 0 Å². The first-order chi connectivity index (χ1) is 8.61. The first-order valence-corrected chi connectivity index (χ1v) is 6.79. The van der Waals surface area contributed by atoms with E-state index in [1.165, 1.54) is 5.52 Å². The molecule has 0 saturated carbocycles. The van der Waals surface area contributed by atoms with Crippen LogP contribution in [0.5, 0.6) is 0 Å². The molecule has 2 rings (SSSR count). The Kier molecular flexibility index (Phi) is 4.25.